The topological polar surface area (TPSA) is 75.4 Å². The molecule has 2 aromatic carbocycles. The molecule has 144 valence electrons. The lowest BCUT2D eigenvalue weighted by molar-refractivity contribution is -0.128. The lowest BCUT2D eigenvalue weighted by Crippen LogP contribution is -2.52. The number of oxazole rings is 1. The van der Waals surface area contributed by atoms with Gasteiger partial charge in [-0.3, -0.25) is 9.59 Å². The quantitative estimate of drug-likeness (QED) is 0.754. The van der Waals surface area contributed by atoms with Crippen molar-refractivity contribution in [3.05, 3.63) is 65.3 Å². The molecular formula is C21H20FN3O3. The van der Waals surface area contributed by atoms with Gasteiger partial charge in [-0.2, -0.15) is 0 Å². The summed E-state index contributed by atoms with van der Waals surface area (Å²) in [6, 6.07) is 9.90. The van der Waals surface area contributed by atoms with Gasteiger partial charge in [-0.05, 0) is 35.9 Å². The van der Waals surface area contributed by atoms with Gasteiger partial charge in [0.25, 0.3) is 5.91 Å². The summed E-state index contributed by atoms with van der Waals surface area (Å²) in [5.74, 6) is -0.201. The van der Waals surface area contributed by atoms with E-state index in [4.69, 9.17) is 4.42 Å². The number of carbonyl (C=O) groups is 2. The molecule has 1 fully saturated rings. The highest BCUT2D eigenvalue weighted by Gasteiger charge is 2.35. The molecule has 1 N–H and O–H groups in total. The SMILES string of the molecule is CC(C)c1nc2cc(C(=O)N3CCNC(=O)[C@H]3c3ccc(F)cc3)ccc2o1. The third kappa shape index (κ3) is 3.24. The number of amides is 2. The summed E-state index contributed by atoms with van der Waals surface area (Å²) in [5.41, 5.74) is 2.22. The second-order valence-corrected chi connectivity index (χ2v) is 7.13. The zero-order chi connectivity index (χ0) is 19.8. The second kappa shape index (κ2) is 7.07. The largest absolute Gasteiger partial charge is 0.440 e. The zero-order valence-corrected chi connectivity index (χ0v) is 15.6. The van der Waals surface area contributed by atoms with Crippen LogP contribution in [0.4, 0.5) is 4.39 Å². The molecule has 2 heterocycles. The van der Waals surface area contributed by atoms with Gasteiger partial charge < -0.3 is 14.6 Å². The number of hydrogen-bond donors (Lipinski definition) is 1. The number of piperazine rings is 1. The van der Waals surface area contributed by atoms with E-state index in [0.29, 0.717) is 41.2 Å². The number of halogens is 1. The summed E-state index contributed by atoms with van der Waals surface area (Å²) in [4.78, 5) is 31.6. The van der Waals surface area contributed by atoms with E-state index < -0.39 is 11.9 Å². The van der Waals surface area contributed by atoms with Crippen molar-refractivity contribution in [2.75, 3.05) is 13.1 Å². The van der Waals surface area contributed by atoms with Crippen molar-refractivity contribution in [1.82, 2.24) is 15.2 Å². The van der Waals surface area contributed by atoms with E-state index in [0.717, 1.165) is 0 Å². The van der Waals surface area contributed by atoms with Gasteiger partial charge in [0, 0.05) is 24.6 Å². The van der Waals surface area contributed by atoms with E-state index >= 15 is 0 Å². The molecule has 1 aromatic heterocycles. The summed E-state index contributed by atoms with van der Waals surface area (Å²) in [5, 5.41) is 2.77. The Labute approximate surface area is 161 Å². The Bertz CT molecular complexity index is 1040. The smallest absolute Gasteiger partial charge is 0.254 e. The Balaban J connectivity index is 1.69. The summed E-state index contributed by atoms with van der Waals surface area (Å²) in [6.07, 6.45) is 0. The highest BCUT2D eigenvalue weighted by Crippen LogP contribution is 2.27. The first-order valence-electron chi connectivity index (χ1n) is 9.18. The summed E-state index contributed by atoms with van der Waals surface area (Å²) in [7, 11) is 0. The van der Waals surface area contributed by atoms with E-state index in [1.807, 2.05) is 13.8 Å². The van der Waals surface area contributed by atoms with Crippen LogP contribution in [0.15, 0.2) is 46.9 Å². The maximum Gasteiger partial charge on any atom is 0.254 e. The van der Waals surface area contributed by atoms with Crippen molar-refractivity contribution >= 4 is 22.9 Å². The van der Waals surface area contributed by atoms with Gasteiger partial charge in [0.05, 0.1) is 0 Å². The maximum absolute atomic E-state index is 13.3. The molecule has 0 aliphatic carbocycles. The fourth-order valence-electron chi connectivity index (χ4n) is 3.35. The van der Waals surface area contributed by atoms with Gasteiger partial charge in [0.15, 0.2) is 11.5 Å². The molecule has 28 heavy (non-hydrogen) atoms. The van der Waals surface area contributed by atoms with Gasteiger partial charge in [-0.25, -0.2) is 9.37 Å². The van der Waals surface area contributed by atoms with Gasteiger partial charge in [-0.15, -0.1) is 0 Å². The van der Waals surface area contributed by atoms with Crippen molar-refractivity contribution < 1.29 is 18.4 Å². The monoisotopic (exact) mass is 381 g/mol. The molecule has 3 aromatic rings. The van der Waals surface area contributed by atoms with Crippen LogP contribution in [0.1, 0.15) is 47.6 Å². The second-order valence-electron chi connectivity index (χ2n) is 7.13. The summed E-state index contributed by atoms with van der Waals surface area (Å²) in [6.45, 7) is 4.69. The van der Waals surface area contributed by atoms with E-state index in [1.165, 1.54) is 29.2 Å². The molecule has 1 atom stereocenters. The molecule has 0 radical (unpaired) electrons. The van der Waals surface area contributed by atoms with Gasteiger partial charge in [0.2, 0.25) is 5.91 Å². The van der Waals surface area contributed by atoms with Crippen molar-refractivity contribution in [3.63, 3.8) is 0 Å². The minimum Gasteiger partial charge on any atom is -0.440 e. The van der Waals surface area contributed by atoms with Crippen LogP contribution in [0.5, 0.6) is 0 Å². The molecule has 7 heteroatoms. The molecule has 2 amide bonds. The molecule has 6 nitrogen and oxygen atoms in total. The third-order valence-corrected chi connectivity index (χ3v) is 4.80. The Morgan fingerprint density at radius 2 is 2.00 bits per heavy atom. The zero-order valence-electron chi connectivity index (χ0n) is 15.6. The number of rotatable bonds is 3. The van der Waals surface area contributed by atoms with Gasteiger partial charge in [-0.1, -0.05) is 26.0 Å². The predicted molar refractivity (Wildman–Crippen MR) is 101 cm³/mol. The first kappa shape index (κ1) is 18.2. The number of hydrogen-bond acceptors (Lipinski definition) is 4. The Morgan fingerprint density at radius 3 is 2.71 bits per heavy atom. The van der Waals surface area contributed by atoms with Crippen LogP contribution in [0.3, 0.4) is 0 Å². The molecule has 1 aliphatic heterocycles. The minimum atomic E-state index is -0.805. The number of benzene rings is 2. The van der Waals surface area contributed by atoms with Crippen molar-refractivity contribution in [2.24, 2.45) is 0 Å². The number of nitrogens with zero attached hydrogens (tertiary/aromatic N) is 2. The molecule has 0 unspecified atom stereocenters. The lowest BCUT2D eigenvalue weighted by Gasteiger charge is -2.35. The molecule has 0 bridgehead atoms. The van der Waals surface area contributed by atoms with E-state index in [1.54, 1.807) is 18.2 Å². The first-order valence-corrected chi connectivity index (χ1v) is 9.18. The highest BCUT2D eigenvalue weighted by atomic mass is 19.1. The van der Waals surface area contributed by atoms with E-state index in [9.17, 15) is 14.0 Å². The first-order chi connectivity index (χ1) is 13.4. The number of nitrogens with one attached hydrogen (secondary N) is 1. The summed E-state index contributed by atoms with van der Waals surface area (Å²) >= 11 is 0. The summed E-state index contributed by atoms with van der Waals surface area (Å²) < 4.78 is 19.0. The van der Waals surface area contributed by atoms with Crippen LogP contribution >= 0.6 is 0 Å². The standard InChI is InChI=1S/C21H20FN3O3/c1-12(2)20-24-16-11-14(5-8-17(16)28-20)21(27)25-10-9-23-19(26)18(25)13-3-6-15(22)7-4-13/h3-8,11-12,18H,9-10H2,1-2H3,(H,23,26)/t18-/m1/s1. The fourth-order valence-corrected chi connectivity index (χ4v) is 3.35. The molecule has 1 saturated heterocycles. The van der Waals surface area contributed by atoms with Gasteiger partial charge >= 0.3 is 0 Å². The molecule has 0 spiro atoms. The van der Waals surface area contributed by atoms with Crippen LogP contribution in [-0.2, 0) is 4.79 Å². The van der Waals surface area contributed by atoms with Crippen molar-refractivity contribution in [1.29, 1.82) is 0 Å². The normalized spacial score (nSPS) is 17.2. The highest BCUT2D eigenvalue weighted by molar-refractivity contribution is 6.00. The predicted octanol–water partition coefficient (Wildman–Crippen LogP) is 3.40. The third-order valence-electron chi connectivity index (χ3n) is 4.80. The Hall–Kier alpha value is -3.22. The molecule has 4 rings (SSSR count). The van der Waals surface area contributed by atoms with E-state index in [-0.39, 0.29) is 17.7 Å². The maximum atomic E-state index is 13.3. The number of carbonyl (C=O) groups excluding carboxylic acids is 2. The Morgan fingerprint density at radius 1 is 1.25 bits per heavy atom. The minimum absolute atomic E-state index is 0.139. The fraction of sp³-hybridized carbons (Fsp3) is 0.286. The van der Waals surface area contributed by atoms with Crippen LogP contribution in [0, 0.1) is 5.82 Å². The number of fused-ring (bicyclic) bond motifs is 1. The van der Waals surface area contributed by atoms with Gasteiger partial charge in [0.1, 0.15) is 17.4 Å². The lowest BCUT2D eigenvalue weighted by atomic mass is 10.0. The van der Waals surface area contributed by atoms with Crippen LogP contribution in [0.25, 0.3) is 11.1 Å². The number of aromatic nitrogens is 1. The van der Waals surface area contributed by atoms with Crippen molar-refractivity contribution in [2.45, 2.75) is 25.8 Å². The van der Waals surface area contributed by atoms with Crippen LogP contribution < -0.4 is 5.32 Å². The van der Waals surface area contributed by atoms with Crippen LogP contribution in [0.2, 0.25) is 0 Å². The molecule has 0 saturated carbocycles. The molecular weight excluding hydrogens is 361 g/mol. The Kier molecular flexibility index (Phi) is 4.58. The average Bonchev–Trinajstić information content (AvgIpc) is 3.12. The van der Waals surface area contributed by atoms with E-state index in [2.05, 4.69) is 10.3 Å². The molecule has 1 aliphatic rings. The average molecular weight is 381 g/mol. The van der Waals surface area contributed by atoms with Crippen molar-refractivity contribution in [3.8, 4) is 0 Å². The van der Waals surface area contributed by atoms with Crippen LogP contribution in [-0.4, -0.2) is 34.8 Å².